The van der Waals surface area contributed by atoms with Crippen LogP contribution in [0.1, 0.15) is 22.9 Å². The van der Waals surface area contributed by atoms with Crippen LogP contribution in [0.15, 0.2) is 36.4 Å². The van der Waals surface area contributed by atoms with Crippen LogP contribution in [0, 0.1) is 0 Å². The molecule has 0 aliphatic carbocycles. The second-order valence-corrected chi connectivity index (χ2v) is 7.39. The highest BCUT2D eigenvalue weighted by molar-refractivity contribution is 6.31. The van der Waals surface area contributed by atoms with Crippen LogP contribution in [0.2, 0.25) is 10.0 Å². The van der Waals surface area contributed by atoms with Crippen LogP contribution in [0.3, 0.4) is 0 Å². The number of nitrogens with zero attached hydrogens (tertiary/aromatic N) is 1. The monoisotopic (exact) mass is 376 g/mol. The molecular formula is C19H18Cl2N2O2. The summed E-state index contributed by atoms with van der Waals surface area (Å²) in [5.74, 6) is 0.0648. The topological polar surface area (TPSA) is 59.5 Å². The zero-order valence-electron chi connectivity index (χ0n) is 13.5. The fourth-order valence-electron chi connectivity index (χ4n) is 3.56. The lowest BCUT2D eigenvalue weighted by Crippen LogP contribution is -2.33. The maximum Gasteiger partial charge on any atom is 0.117 e. The number of halogens is 2. The van der Waals surface area contributed by atoms with Gasteiger partial charge in [-0.1, -0.05) is 23.2 Å². The van der Waals surface area contributed by atoms with E-state index in [9.17, 15) is 10.2 Å². The van der Waals surface area contributed by atoms with E-state index >= 15 is 0 Å². The van der Waals surface area contributed by atoms with Gasteiger partial charge in [0.1, 0.15) is 5.75 Å². The average Bonchev–Trinajstić information content (AvgIpc) is 2.91. The summed E-state index contributed by atoms with van der Waals surface area (Å²) in [6, 6.07) is 10.6. The summed E-state index contributed by atoms with van der Waals surface area (Å²) in [5, 5.41) is 22.5. The molecule has 2 heterocycles. The van der Waals surface area contributed by atoms with Gasteiger partial charge in [0.25, 0.3) is 0 Å². The summed E-state index contributed by atoms with van der Waals surface area (Å²) in [6.07, 6.45) is 0.202. The number of H-pyrrole nitrogens is 1. The number of aliphatic hydroxyl groups excluding tert-OH is 1. The number of benzene rings is 2. The number of aromatic amines is 1. The zero-order valence-corrected chi connectivity index (χ0v) is 15.0. The number of rotatable bonds is 3. The molecule has 0 amide bonds. The molecule has 1 aromatic heterocycles. The Hall–Kier alpha value is -1.72. The molecule has 0 radical (unpaired) electrons. The highest BCUT2D eigenvalue weighted by Crippen LogP contribution is 2.31. The van der Waals surface area contributed by atoms with Crippen LogP contribution in [-0.4, -0.2) is 33.2 Å². The smallest absolute Gasteiger partial charge is 0.117 e. The first-order valence-electron chi connectivity index (χ1n) is 8.18. The SMILES string of the molecule is Oc1cc(Cl)cc(C(O)CN2CCc3c([nH]c4ccc(Cl)cc34)C2)c1. The number of aromatic nitrogens is 1. The van der Waals surface area contributed by atoms with Crippen LogP contribution in [0.4, 0.5) is 0 Å². The quantitative estimate of drug-likeness (QED) is 0.639. The molecule has 1 atom stereocenters. The van der Waals surface area contributed by atoms with Gasteiger partial charge in [-0.2, -0.15) is 0 Å². The van der Waals surface area contributed by atoms with Crippen molar-refractivity contribution in [1.29, 1.82) is 0 Å². The maximum absolute atomic E-state index is 10.5. The molecule has 6 heteroatoms. The first-order chi connectivity index (χ1) is 12.0. The largest absolute Gasteiger partial charge is 0.508 e. The van der Waals surface area contributed by atoms with E-state index in [2.05, 4.69) is 9.88 Å². The summed E-state index contributed by atoms with van der Waals surface area (Å²) >= 11 is 12.1. The number of β-amino-alcohol motifs (C(OH)–C–C–N with tert-alkyl or cyclic N) is 1. The molecule has 1 unspecified atom stereocenters. The standard InChI is InChI=1S/C19H18Cl2N2O2/c20-12-1-2-17-16(8-12)15-3-4-23(9-18(15)22-17)10-19(25)11-5-13(21)7-14(24)6-11/h1-2,5-8,19,22,24-25H,3-4,9-10H2. The third-order valence-electron chi connectivity index (χ3n) is 4.74. The summed E-state index contributed by atoms with van der Waals surface area (Å²) in [5.41, 5.74) is 4.20. The lowest BCUT2D eigenvalue weighted by Gasteiger charge is -2.29. The highest BCUT2D eigenvalue weighted by Gasteiger charge is 2.23. The summed E-state index contributed by atoms with van der Waals surface area (Å²) in [7, 11) is 0. The van der Waals surface area contributed by atoms with Crippen LogP contribution in [0.25, 0.3) is 10.9 Å². The fraction of sp³-hybridized carbons (Fsp3) is 0.263. The molecule has 0 spiro atoms. The highest BCUT2D eigenvalue weighted by atomic mass is 35.5. The van der Waals surface area contributed by atoms with Gasteiger partial charge in [0.05, 0.1) is 6.10 Å². The molecule has 1 aliphatic heterocycles. The maximum atomic E-state index is 10.5. The number of fused-ring (bicyclic) bond motifs is 3. The third kappa shape index (κ3) is 3.35. The number of aliphatic hydroxyl groups is 1. The molecule has 0 saturated heterocycles. The van der Waals surface area contributed by atoms with Gasteiger partial charge >= 0.3 is 0 Å². The minimum Gasteiger partial charge on any atom is -0.508 e. The first kappa shape index (κ1) is 16.7. The van der Waals surface area contributed by atoms with E-state index in [0.29, 0.717) is 17.1 Å². The number of aromatic hydroxyl groups is 1. The Bertz CT molecular complexity index is 918. The molecule has 25 heavy (non-hydrogen) atoms. The van der Waals surface area contributed by atoms with E-state index < -0.39 is 6.10 Å². The third-order valence-corrected chi connectivity index (χ3v) is 5.19. The van der Waals surface area contributed by atoms with Crippen molar-refractivity contribution in [1.82, 2.24) is 9.88 Å². The summed E-state index contributed by atoms with van der Waals surface area (Å²) in [4.78, 5) is 5.66. The molecule has 4 nitrogen and oxygen atoms in total. The van der Waals surface area contributed by atoms with E-state index in [0.717, 1.165) is 30.0 Å². The lowest BCUT2D eigenvalue weighted by molar-refractivity contribution is 0.105. The van der Waals surface area contributed by atoms with Crippen molar-refractivity contribution in [2.24, 2.45) is 0 Å². The van der Waals surface area contributed by atoms with E-state index in [1.807, 2.05) is 18.2 Å². The predicted octanol–water partition coefficient (Wildman–Crippen LogP) is 4.27. The van der Waals surface area contributed by atoms with Gasteiger partial charge in [0, 0.05) is 46.3 Å². The van der Waals surface area contributed by atoms with Gasteiger partial charge in [-0.3, -0.25) is 4.90 Å². The average molecular weight is 377 g/mol. The molecule has 130 valence electrons. The second-order valence-electron chi connectivity index (χ2n) is 6.52. The van der Waals surface area contributed by atoms with Gasteiger partial charge < -0.3 is 15.2 Å². The van der Waals surface area contributed by atoms with Crippen molar-refractivity contribution >= 4 is 34.1 Å². The zero-order chi connectivity index (χ0) is 17.6. The van der Waals surface area contributed by atoms with Crippen molar-refractivity contribution in [3.05, 3.63) is 63.3 Å². The number of hydrogen-bond acceptors (Lipinski definition) is 3. The molecular weight excluding hydrogens is 359 g/mol. The first-order valence-corrected chi connectivity index (χ1v) is 8.94. The van der Waals surface area contributed by atoms with Gasteiger partial charge in [-0.15, -0.1) is 0 Å². The minimum atomic E-state index is -0.704. The van der Waals surface area contributed by atoms with Crippen molar-refractivity contribution in [3.8, 4) is 5.75 Å². The van der Waals surface area contributed by atoms with Crippen molar-refractivity contribution in [2.45, 2.75) is 19.1 Å². The second kappa shape index (κ2) is 6.54. The van der Waals surface area contributed by atoms with Crippen molar-refractivity contribution in [2.75, 3.05) is 13.1 Å². The molecule has 1 aliphatic rings. The van der Waals surface area contributed by atoms with Crippen molar-refractivity contribution < 1.29 is 10.2 Å². The Labute approximate surface area is 155 Å². The summed E-state index contributed by atoms with van der Waals surface area (Å²) in [6.45, 7) is 2.08. The molecule has 3 aromatic rings. The number of hydrogen-bond donors (Lipinski definition) is 3. The summed E-state index contributed by atoms with van der Waals surface area (Å²) < 4.78 is 0. The molecule has 2 aromatic carbocycles. The minimum absolute atomic E-state index is 0.0648. The Morgan fingerprint density at radius 2 is 1.96 bits per heavy atom. The van der Waals surface area contributed by atoms with Crippen molar-refractivity contribution in [3.63, 3.8) is 0 Å². The van der Waals surface area contributed by atoms with Gasteiger partial charge in [-0.05, 0) is 53.9 Å². The molecule has 4 rings (SSSR count). The van der Waals surface area contributed by atoms with Gasteiger partial charge in [-0.25, -0.2) is 0 Å². The Kier molecular flexibility index (Phi) is 4.38. The fourth-order valence-corrected chi connectivity index (χ4v) is 3.97. The number of nitrogens with one attached hydrogen (secondary N) is 1. The number of phenols is 1. The van der Waals surface area contributed by atoms with E-state index in [1.54, 1.807) is 12.1 Å². The van der Waals surface area contributed by atoms with Gasteiger partial charge in [0.15, 0.2) is 0 Å². The molecule has 0 saturated carbocycles. The van der Waals surface area contributed by atoms with Gasteiger partial charge in [0.2, 0.25) is 0 Å². The predicted molar refractivity (Wildman–Crippen MR) is 100 cm³/mol. The van der Waals surface area contributed by atoms with E-state index in [4.69, 9.17) is 23.2 Å². The van der Waals surface area contributed by atoms with E-state index in [-0.39, 0.29) is 5.75 Å². The molecule has 0 fully saturated rings. The Morgan fingerprint density at radius 3 is 2.76 bits per heavy atom. The molecule has 3 N–H and O–H groups in total. The Morgan fingerprint density at radius 1 is 1.12 bits per heavy atom. The van der Waals surface area contributed by atoms with Crippen LogP contribution >= 0.6 is 23.2 Å². The normalized spacial score (nSPS) is 16.1. The van der Waals surface area contributed by atoms with E-state index in [1.165, 1.54) is 22.7 Å². The van der Waals surface area contributed by atoms with Crippen LogP contribution < -0.4 is 0 Å². The lowest BCUT2D eigenvalue weighted by atomic mass is 10.0. The van der Waals surface area contributed by atoms with Crippen LogP contribution in [-0.2, 0) is 13.0 Å². The number of phenolic OH excluding ortho intramolecular Hbond substituents is 1. The van der Waals surface area contributed by atoms with Crippen LogP contribution in [0.5, 0.6) is 5.75 Å². The molecule has 0 bridgehead atoms. The Balaban J connectivity index is 1.53.